The molecule has 0 aliphatic heterocycles. The number of hydrogen-bond acceptors (Lipinski definition) is 7. The van der Waals surface area contributed by atoms with Gasteiger partial charge < -0.3 is 24.4 Å². The summed E-state index contributed by atoms with van der Waals surface area (Å²) in [5, 5.41) is 3.69. The Morgan fingerprint density at radius 2 is 1.41 bits per heavy atom. The number of nitrogens with one attached hydrogen (secondary N) is 1. The highest BCUT2D eigenvalue weighted by atomic mass is 35.5. The Balaban J connectivity index is 1.91. The molecule has 0 bridgehead atoms. The minimum absolute atomic E-state index is 0.00673. The van der Waals surface area contributed by atoms with Gasteiger partial charge in [-0.05, 0) is 53.9 Å². The van der Waals surface area contributed by atoms with Gasteiger partial charge in [-0.15, -0.1) is 0 Å². The minimum Gasteiger partial charge on any atom is -0.495 e. The number of amides is 2. The average Bonchev–Trinajstić information content (AvgIpc) is 3.11. The van der Waals surface area contributed by atoms with Gasteiger partial charge in [0.2, 0.25) is 11.8 Å². The zero-order valence-corrected chi connectivity index (χ0v) is 31.9. The average molecular weight is 777 g/mol. The maximum absolute atomic E-state index is 14.8. The number of sulfonamides is 1. The molecule has 4 rings (SSSR count). The summed E-state index contributed by atoms with van der Waals surface area (Å²) >= 11 is 19.6. The molecule has 0 saturated heterocycles. The predicted molar refractivity (Wildman–Crippen MR) is 201 cm³/mol. The molecule has 272 valence electrons. The summed E-state index contributed by atoms with van der Waals surface area (Å²) in [5.74, 6) is -0.448. The Kier molecular flexibility index (Phi) is 13.9. The quantitative estimate of drug-likeness (QED) is 0.127. The third-order valence-corrected chi connectivity index (χ3v) is 10.7. The molecule has 2 amide bonds. The second kappa shape index (κ2) is 17.9. The first-order valence-corrected chi connectivity index (χ1v) is 18.5. The second-order valence-electron chi connectivity index (χ2n) is 11.9. The summed E-state index contributed by atoms with van der Waals surface area (Å²) < 4.78 is 46.4. The van der Waals surface area contributed by atoms with E-state index < -0.39 is 34.4 Å². The topological polar surface area (TPSA) is 114 Å². The molecule has 0 unspecified atom stereocenters. The van der Waals surface area contributed by atoms with Crippen molar-refractivity contribution in [2.75, 3.05) is 38.7 Å². The zero-order valence-electron chi connectivity index (χ0n) is 28.9. The monoisotopic (exact) mass is 775 g/mol. The van der Waals surface area contributed by atoms with Crippen LogP contribution in [0, 0.1) is 5.92 Å². The highest BCUT2D eigenvalue weighted by Gasteiger charge is 2.36. The van der Waals surface area contributed by atoms with E-state index in [0.29, 0.717) is 17.9 Å². The Hall–Kier alpha value is -4.16. The molecular formula is C37H40Cl3N3O7S. The molecule has 1 N–H and O–H groups in total. The van der Waals surface area contributed by atoms with Crippen LogP contribution in [0.25, 0.3) is 0 Å². The van der Waals surface area contributed by atoms with Gasteiger partial charge in [-0.25, -0.2) is 8.42 Å². The molecule has 0 heterocycles. The largest absolute Gasteiger partial charge is 0.495 e. The summed E-state index contributed by atoms with van der Waals surface area (Å²) in [6.07, 6.45) is 0.113. The third kappa shape index (κ3) is 9.79. The van der Waals surface area contributed by atoms with Crippen LogP contribution in [0.4, 0.5) is 5.69 Å². The number of carbonyl (C=O) groups excluding carboxylic acids is 2. The van der Waals surface area contributed by atoms with Crippen molar-refractivity contribution in [3.8, 4) is 17.2 Å². The lowest BCUT2D eigenvalue weighted by molar-refractivity contribution is -0.140. The van der Waals surface area contributed by atoms with Crippen molar-refractivity contribution < 1.29 is 32.2 Å². The van der Waals surface area contributed by atoms with Crippen molar-refractivity contribution in [3.63, 3.8) is 0 Å². The van der Waals surface area contributed by atoms with Crippen LogP contribution >= 0.6 is 34.8 Å². The maximum Gasteiger partial charge on any atom is 0.265 e. The van der Waals surface area contributed by atoms with Gasteiger partial charge in [0.25, 0.3) is 10.0 Å². The van der Waals surface area contributed by atoms with E-state index in [4.69, 9.17) is 49.0 Å². The molecule has 1 atom stereocenters. The van der Waals surface area contributed by atoms with Crippen LogP contribution in [0.5, 0.6) is 17.2 Å². The smallest absolute Gasteiger partial charge is 0.265 e. The van der Waals surface area contributed by atoms with Gasteiger partial charge in [-0.1, -0.05) is 85.0 Å². The van der Waals surface area contributed by atoms with Gasteiger partial charge >= 0.3 is 0 Å². The van der Waals surface area contributed by atoms with Crippen LogP contribution in [-0.4, -0.2) is 65.6 Å². The van der Waals surface area contributed by atoms with Crippen molar-refractivity contribution >= 4 is 62.3 Å². The molecule has 10 nitrogen and oxygen atoms in total. The van der Waals surface area contributed by atoms with Gasteiger partial charge in [0.05, 0.1) is 31.9 Å². The van der Waals surface area contributed by atoms with Crippen molar-refractivity contribution in [2.24, 2.45) is 5.92 Å². The standard InChI is InChI=1S/C37H40Cl3N3O7S/c1-24(2)21-41-37(45)32(18-25-10-7-6-8-11-25)42(22-28-29(39)12-9-13-30(28)40)36(44)23-43(31-19-26(38)14-16-33(31)48-3)51(46,47)27-15-17-34(49-4)35(20-27)50-5/h6-17,19-20,24,32H,18,21-23H2,1-5H3,(H,41,45)/t32-/m0/s1. The van der Waals surface area contributed by atoms with Crippen LogP contribution in [-0.2, 0) is 32.6 Å². The molecule has 51 heavy (non-hydrogen) atoms. The SMILES string of the molecule is COc1ccc(S(=O)(=O)N(CC(=O)N(Cc2c(Cl)cccc2Cl)[C@@H](Cc2ccccc2)C(=O)NCC(C)C)c2cc(Cl)ccc2OC)cc1OC. The number of halogens is 3. The second-order valence-corrected chi connectivity index (χ2v) is 15.0. The van der Waals surface area contributed by atoms with Crippen LogP contribution in [0.1, 0.15) is 25.0 Å². The van der Waals surface area contributed by atoms with E-state index >= 15 is 0 Å². The Morgan fingerprint density at radius 1 is 0.784 bits per heavy atom. The molecule has 0 fully saturated rings. The third-order valence-electron chi connectivity index (χ3n) is 7.98. The molecule has 4 aromatic carbocycles. The number of benzene rings is 4. The van der Waals surface area contributed by atoms with Crippen molar-refractivity contribution in [1.29, 1.82) is 0 Å². The van der Waals surface area contributed by atoms with E-state index in [9.17, 15) is 18.0 Å². The van der Waals surface area contributed by atoms with Gasteiger partial charge in [0.1, 0.15) is 18.3 Å². The summed E-state index contributed by atoms with van der Waals surface area (Å²) in [6.45, 7) is 3.28. The van der Waals surface area contributed by atoms with Gasteiger partial charge in [-0.2, -0.15) is 0 Å². The van der Waals surface area contributed by atoms with Crippen LogP contribution < -0.4 is 23.8 Å². The molecule has 0 radical (unpaired) electrons. The predicted octanol–water partition coefficient (Wildman–Crippen LogP) is 7.28. The molecule has 0 aliphatic carbocycles. The highest BCUT2D eigenvalue weighted by molar-refractivity contribution is 7.92. The van der Waals surface area contributed by atoms with Gasteiger partial charge in [0.15, 0.2) is 11.5 Å². The van der Waals surface area contributed by atoms with Crippen LogP contribution in [0.15, 0.2) is 89.8 Å². The molecule has 0 aromatic heterocycles. The van der Waals surface area contributed by atoms with E-state index in [1.54, 1.807) is 18.2 Å². The fraction of sp³-hybridized carbons (Fsp3) is 0.297. The van der Waals surface area contributed by atoms with Crippen molar-refractivity contribution in [1.82, 2.24) is 10.2 Å². The lowest BCUT2D eigenvalue weighted by Crippen LogP contribution is -2.53. The van der Waals surface area contributed by atoms with Crippen molar-refractivity contribution in [2.45, 2.75) is 37.8 Å². The fourth-order valence-corrected chi connectivity index (χ4v) is 7.42. The van der Waals surface area contributed by atoms with Crippen LogP contribution in [0.3, 0.4) is 0 Å². The van der Waals surface area contributed by atoms with Crippen molar-refractivity contribution in [3.05, 3.63) is 111 Å². The number of methoxy groups -OCH3 is 3. The lowest BCUT2D eigenvalue weighted by atomic mass is 10.0. The summed E-state index contributed by atoms with van der Waals surface area (Å²) in [4.78, 5) is 30.0. The number of carbonyl (C=O) groups is 2. The first kappa shape index (κ1) is 39.6. The number of ether oxygens (including phenoxy) is 3. The lowest BCUT2D eigenvalue weighted by Gasteiger charge is -2.34. The number of nitrogens with zero attached hydrogens (tertiary/aromatic N) is 2. The molecule has 4 aromatic rings. The molecule has 0 aliphatic rings. The molecule has 14 heteroatoms. The maximum atomic E-state index is 14.8. The number of anilines is 1. The van der Waals surface area contributed by atoms with Crippen LogP contribution in [0.2, 0.25) is 15.1 Å². The summed E-state index contributed by atoms with van der Waals surface area (Å²) in [7, 11) is -0.368. The molecule has 0 saturated carbocycles. The summed E-state index contributed by atoms with van der Waals surface area (Å²) in [5.41, 5.74) is 1.16. The normalized spacial score (nSPS) is 11.9. The van der Waals surface area contributed by atoms with E-state index in [-0.39, 0.29) is 56.0 Å². The zero-order chi connectivity index (χ0) is 37.3. The molecule has 0 spiro atoms. The highest BCUT2D eigenvalue weighted by Crippen LogP contribution is 2.37. The van der Waals surface area contributed by atoms with E-state index in [2.05, 4.69) is 5.32 Å². The fourth-order valence-electron chi connectivity index (χ4n) is 5.31. The minimum atomic E-state index is -4.55. The summed E-state index contributed by atoms with van der Waals surface area (Å²) in [6, 6.07) is 21.5. The Labute approximate surface area is 314 Å². The molecular weight excluding hydrogens is 737 g/mol. The first-order valence-electron chi connectivity index (χ1n) is 15.9. The Morgan fingerprint density at radius 3 is 2.02 bits per heavy atom. The first-order chi connectivity index (χ1) is 24.3. The number of hydrogen-bond donors (Lipinski definition) is 1. The van der Waals surface area contributed by atoms with E-state index in [1.165, 1.54) is 62.6 Å². The number of rotatable bonds is 16. The van der Waals surface area contributed by atoms with Gasteiger partial charge in [0, 0.05) is 46.2 Å². The van der Waals surface area contributed by atoms with Gasteiger partial charge in [-0.3, -0.25) is 13.9 Å². The van der Waals surface area contributed by atoms with E-state index in [1.807, 2.05) is 44.2 Å². The Bertz CT molecular complexity index is 1930. The van der Waals surface area contributed by atoms with E-state index in [0.717, 1.165) is 9.87 Å².